The topological polar surface area (TPSA) is 68.2 Å². The first-order chi connectivity index (χ1) is 15.1. The van der Waals surface area contributed by atoms with Gasteiger partial charge in [-0.2, -0.15) is 0 Å². The zero-order valence-corrected chi connectivity index (χ0v) is 18.4. The van der Waals surface area contributed by atoms with Crippen LogP contribution < -0.4 is 4.74 Å². The number of amidine groups is 1. The van der Waals surface area contributed by atoms with Gasteiger partial charge in [-0.1, -0.05) is 54.2 Å². The molecule has 160 valence electrons. The van der Waals surface area contributed by atoms with E-state index in [-0.39, 0.29) is 12.5 Å². The molecule has 0 saturated carbocycles. The molecule has 0 bridgehead atoms. The number of fused-ring (bicyclic) bond motifs is 1. The highest BCUT2D eigenvalue weighted by molar-refractivity contribution is 8.14. The average molecular weight is 437 g/mol. The molecule has 0 radical (unpaired) electrons. The minimum atomic E-state index is -0.560. The Labute approximate surface area is 185 Å². The number of rotatable bonds is 6. The Kier molecular flexibility index (Phi) is 6.42. The molecule has 0 aliphatic carbocycles. The van der Waals surface area contributed by atoms with E-state index >= 15 is 0 Å². The van der Waals surface area contributed by atoms with Gasteiger partial charge in [-0.15, -0.1) is 0 Å². The summed E-state index contributed by atoms with van der Waals surface area (Å²) in [5.41, 5.74) is 2.89. The third-order valence-electron chi connectivity index (χ3n) is 5.15. The fourth-order valence-corrected chi connectivity index (χ4v) is 4.68. The molecule has 2 aromatic rings. The number of hydrogen-bond acceptors (Lipinski definition) is 6. The number of aliphatic imine (C=N–C) groups is 1. The zero-order valence-electron chi connectivity index (χ0n) is 17.5. The van der Waals surface area contributed by atoms with E-state index in [0.29, 0.717) is 35.2 Å². The van der Waals surface area contributed by atoms with Crippen LogP contribution in [-0.4, -0.2) is 34.3 Å². The molecule has 2 heterocycles. The summed E-state index contributed by atoms with van der Waals surface area (Å²) in [4.78, 5) is 31.8. The van der Waals surface area contributed by atoms with E-state index in [1.165, 1.54) is 11.8 Å². The molecule has 0 spiro atoms. The van der Waals surface area contributed by atoms with Crippen molar-refractivity contribution in [2.75, 3.05) is 12.4 Å². The second-order valence-electron chi connectivity index (χ2n) is 7.22. The van der Waals surface area contributed by atoms with Crippen molar-refractivity contribution in [2.24, 2.45) is 4.99 Å². The van der Waals surface area contributed by atoms with Gasteiger partial charge >= 0.3 is 5.97 Å². The largest absolute Gasteiger partial charge is 0.489 e. The van der Waals surface area contributed by atoms with E-state index in [1.54, 1.807) is 18.7 Å². The minimum absolute atomic E-state index is 0.0406. The Balaban J connectivity index is 1.63. The normalized spacial score (nSPS) is 18.4. The molecular formula is C24H24N2O4S. The van der Waals surface area contributed by atoms with Gasteiger partial charge in [-0.05, 0) is 37.1 Å². The van der Waals surface area contributed by atoms with Gasteiger partial charge in [0.1, 0.15) is 12.4 Å². The highest BCUT2D eigenvalue weighted by Gasteiger charge is 2.41. The van der Waals surface area contributed by atoms with Crippen LogP contribution in [0.3, 0.4) is 0 Å². The lowest BCUT2D eigenvalue weighted by atomic mass is 9.94. The molecule has 6 nitrogen and oxygen atoms in total. The maximum absolute atomic E-state index is 12.8. The number of ether oxygens (including phenoxy) is 2. The monoisotopic (exact) mass is 436 g/mol. The SMILES string of the molecule is CCOC(=O)C1=C(C)N=C2SCCC(=O)N2[C@@H]1c1ccc(OCc2ccccc2)cc1. The molecule has 4 rings (SSSR count). The molecule has 0 N–H and O–H groups in total. The van der Waals surface area contributed by atoms with Crippen LogP contribution in [0.2, 0.25) is 0 Å². The molecule has 1 amide bonds. The van der Waals surface area contributed by atoms with E-state index in [2.05, 4.69) is 4.99 Å². The standard InChI is InChI=1S/C24H24N2O4S/c1-3-29-23(28)21-16(2)25-24-26(20(27)13-14-31-24)22(21)18-9-11-19(12-10-18)30-15-17-7-5-4-6-8-17/h4-12,22H,3,13-15H2,1-2H3/t22-/m1/s1. The van der Waals surface area contributed by atoms with Gasteiger partial charge in [0.25, 0.3) is 0 Å². The van der Waals surface area contributed by atoms with Crippen LogP contribution in [0.4, 0.5) is 0 Å². The predicted molar refractivity (Wildman–Crippen MR) is 121 cm³/mol. The van der Waals surface area contributed by atoms with E-state index in [9.17, 15) is 9.59 Å². The van der Waals surface area contributed by atoms with E-state index in [1.807, 2.05) is 54.6 Å². The maximum atomic E-state index is 12.8. The van der Waals surface area contributed by atoms with Crippen molar-refractivity contribution in [3.05, 3.63) is 77.0 Å². The van der Waals surface area contributed by atoms with Crippen molar-refractivity contribution in [2.45, 2.75) is 32.9 Å². The summed E-state index contributed by atoms with van der Waals surface area (Å²) in [6.07, 6.45) is 0.410. The molecule has 7 heteroatoms. The summed E-state index contributed by atoms with van der Waals surface area (Å²) in [6, 6.07) is 16.9. The number of amides is 1. The van der Waals surface area contributed by atoms with Crippen LogP contribution in [0, 0.1) is 0 Å². The second kappa shape index (κ2) is 9.39. The van der Waals surface area contributed by atoms with Crippen molar-refractivity contribution in [3.8, 4) is 5.75 Å². The first kappa shape index (κ1) is 21.2. The molecule has 31 heavy (non-hydrogen) atoms. The summed E-state index contributed by atoms with van der Waals surface area (Å²) < 4.78 is 11.2. The van der Waals surface area contributed by atoms with Crippen LogP contribution in [0.15, 0.2) is 70.9 Å². The summed E-state index contributed by atoms with van der Waals surface area (Å²) in [7, 11) is 0. The van der Waals surface area contributed by atoms with Gasteiger partial charge in [0, 0.05) is 12.2 Å². The molecule has 2 aromatic carbocycles. The zero-order chi connectivity index (χ0) is 21.8. The highest BCUT2D eigenvalue weighted by Crippen LogP contribution is 2.40. The number of esters is 1. The van der Waals surface area contributed by atoms with Gasteiger partial charge in [-0.3, -0.25) is 9.69 Å². The molecule has 0 aromatic heterocycles. The fourth-order valence-electron chi connectivity index (χ4n) is 3.67. The molecule has 2 aliphatic heterocycles. The van der Waals surface area contributed by atoms with Crippen LogP contribution >= 0.6 is 11.8 Å². The summed E-state index contributed by atoms with van der Waals surface area (Å²) in [6.45, 7) is 4.28. The fraction of sp³-hybridized carbons (Fsp3) is 0.292. The Morgan fingerprint density at radius 2 is 1.90 bits per heavy atom. The molecule has 0 unspecified atom stereocenters. The maximum Gasteiger partial charge on any atom is 0.338 e. The summed E-state index contributed by atoms with van der Waals surface area (Å²) >= 11 is 1.53. The van der Waals surface area contributed by atoms with Crippen molar-refractivity contribution >= 4 is 28.8 Å². The highest BCUT2D eigenvalue weighted by atomic mass is 32.2. The number of benzene rings is 2. The van der Waals surface area contributed by atoms with Crippen LogP contribution in [0.25, 0.3) is 0 Å². The van der Waals surface area contributed by atoms with Gasteiger partial charge in [0.15, 0.2) is 5.17 Å². The number of carbonyl (C=O) groups is 2. The Bertz CT molecular complexity index is 1030. The van der Waals surface area contributed by atoms with Crippen molar-refractivity contribution in [1.82, 2.24) is 4.90 Å². The van der Waals surface area contributed by atoms with E-state index in [0.717, 1.165) is 16.9 Å². The van der Waals surface area contributed by atoms with Crippen molar-refractivity contribution in [1.29, 1.82) is 0 Å². The first-order valence-corrected chi connectivity index (χ1v) is 11.2. The van der Waals surface area contributed by atoms with Crippen molar-refractivity contribution in [3.63, 3.8) is 0 Å². The first-order valence-electron chi connectivity index (χ1n) is 10.3. The van der Waals surface area contributed by atoms with Gasteiger partial charge in [0.2, 0.25) is 5.91 Å². The molecule has 1 atom stereocenters. The lowest BCUT2D eigenvalue weighted by molar-refractivity contribution is -0.139. The van der Waals surface area contributed by atoms with Gasteiger partial charge in [-0.25, -0.2) is 9.79 Å². The molecule has 2 aliphatic rings. The van der Waals surface area contributed by atoms with Crippen molar-refractivity contribution < 1.29 is 19.1 Å². The quantitative estimate of drug-likeness (QED) is 0.625. The molecule has 1 fully saturated rings. The van der Waals surface area contributed by atoms with E-state index < -0.39 is 12.0 Å². The lowest BCUT2D eigenvalue weighted by Crippen LogP contribution is -2.45. The van der Waals surface area contributed by atoms with Gasteiger partial charge < -0.3 is 9.47 Å². The number of carbonyl (C=O) groups excluding carboxylic acids is 2. The number of allylic oxidation sites excluding steroid dienone is 1. The molecular weight excluding hydrogens is 412 g/mol. The van der Waals surface area contributed by atoms with Crippen LogP contribution in [0.5, 0.6) is 5.75 Å². The van der Waals surface area contributed by atoms with E-state index in [4.69, 9.17) is 9.47 Å². The minimum Gasteiger partial charge on any atom is -0.489 e. The third kappa shape index (κ3) is 4.51. The Morgan fingerprint density at radius 1 is 1.16 bits per heavy atom. The van der Waals surface area contributed by atoms with Crippen LogP contribution in [0.1, 0.15) is 37.4 Å². The average Bonchev–Trinajstić information content (AvgIpc) is 2.78. The molecule has 1 saturated heterocycles. The van der Waals surface area contributed by atoms with Gasteiger partial charge in [0.05, 0.1) is 23.9 Å². The number of nitrogens with zero attached hydrogens (tertiary/aromatic N) is 2. The lowest BCUT2D eigenvalue weighted by Gasteiger charge is -2.38. The van der Waals surface area contributed by atoms with Crippen LogP contribution in [-0.2, 0) is 20.9 Å². The summed E-state index contributed by atoms with van der Waals surface area (Å²) in [5.74, 6) is 0.923. The third-order valence-corrected chi connectivity index (χ3v) is 6.10. The predicted octanol–water partition coefficient (Wildman–Crippen LogP) is 4.48. The number of hydrogen-bond donors (Lipinski definition) is 0. The Hall–Kier alpha value is -3.06. The Morgan fingerprint density at radius 3 is 2.61 bits per heavy atom. The second-order valence-corrected chi connectivity index (χ2v) is 8.28. The number of thioether (sulfide) groups is 1. The smallest absolute Gasteiger partial charge is 0.338 e. The summed E-state index contributed by atoms with van der Waals surface area (Å²) in [5, 5.41) is 0.635.